The van der Waals surface area contributed by atoms with Gasteiger partial charge in [-0.3, -0.25) is 0 Å². The Morgan fingerprint density at radius 1 is 1.38 bits per heavy atom. The van der Waals surface area contributed by atoms with Crippen LogP contribution in [0.4, 0.5) is 0 Å². The Bertz CT molecular complexity index is 261. The third-order valence-electron chi connectivity index (χ3n) is 1.41. The predicted molar refractivity (Wildman–Crippen MR) is 49.8 cm³/mol. The molecule has 0 unspecified atom stereocenters. The second-order valence-corrected chi connectivity index (χ2v) is 2.97. The smallest absolute Gasteiger partial charge is 0.475 e. The summed E-state index contributed by atoms with van der Waals surface area (Å²) in [6.45, 7) is 3.80. The van der Waals surface area contributed by atoms with Gasteiger partial charge in [0.05, 0.1) is 6.10 Å². The molecule has 0 aliphatic rings. The van der Waals surface area contributed by atoms with Gasteiger partial charge in [0.2, 0.25) is 5.88 Å². The van der Waals surface area contributed by atoms with Gasteiger partial charge in [-0.15, -0.1) is 0 Å². The van der Waals surface area contributed by atoms with Crippen LogP contribution in [0.5, 0.6) is 5.88 Å². The molecule has 5 heteroatoms. The van der Waals surface area contributed by atoms with E-state index in [4.69, 9.17) is 14.8 Å². The highest BCUT2D eigenvalue weighted by molar-refractivity contribution is 6.58. The van der Waals surface area contributed by atoms with E-state index >= 15 is 0 Å². The molecular weight excluding hydrogens is 169 g/mol. The van der Waals surface area contributed by atoms with Crippen molar-refractivity contribution >= 4 is 12.6 Å². The number of rotatable bonds is 3. The van der Waals surface area contributed by atoms with Crippen LogP contribution in [0.15, 0.2) is 18.3 Å². The van der Waals surface area contributed by atoms with Gasteiger partial charge in [0, 0.05) is 11.7 Å². The van der Waals surface area contributed by atoms with E-state index < -0.39 is 7.12 Å². The normalized spacial score (nSPS) is 10.2. The fourth-order valence-corrected chi connectivity index (χ4v) is 0.856. The first-order valence-corrected chi connectivity index (χ1v) is 4.08. The van der Waals surface area contributed by atoms with Crippen molar-refractivity contribution in [1.82, 2.24) is 4.98 Å². The lowest BCUT2D eigenvalue weighted by Gasteiger charge is -2.08. The van der Waals surface area contributed by atoms with Gasteiger partial charge >= 0.3 is 7.12 Å². The highest BCUT2D eigenvalue weighted by atomic mass is 16.5. The molecule has 0 amide bonds. The summed E-state index contributed by atoms with van der Waals surface area (Å²) in [5, 5.41) is 17.5. The Labute approximate surface area is 77.3 Å². The first kappa shape index (κ1) is 10.0. The lowest BCUT2D eigenvalue weighted by molar-refractivity contribution is 0.232. The van der Waals surface area contributed by atoms with E-state index in [0.29, 0.717) is 11.3 Å². The van der Waals surface area contributed by atoms with Gasteiger partial charge in [0.1, 0.15) is 0 Å². The lowest BCUT2D eigenvalue weighted by atomic mass is 9.82. The van der Waals surface area contributed by atoms with Gasteiger partial charge in [-0.2, -0.15) is 0 Å². The van der Waals surface area contributed by atoms with Crippen LogP contribution in [-0.2, 0) is 0 Å². The monoisotopic (exact) mass is 181 g/mol. The minimum Gasteiger partial charge on any atom is -0.475 e. The molecule has 4 nitrogen and oxygen atoms in total. The highest BCUT2D eigenvalue weighted by Crippen LogP contribution is 2.04. The van der Waals surface area contributed by atoms with Gasteiger partial charge in [-0.25, -0.2) is 4.98 Å². The third kappa shape index (κ3) is 3.04. The maximum absolute atomic E-state index is 8.77. The largest absolute Gasteiger partial charge is 0.490 e. The zero-order valence-corrected chi connectivity index (χ0v) is 7.64. The molecule has 13 heavy (non-hydrogen) atoms. The molecule has 0 aliphatic carbocycles. The first-order chi connectivity index (χ1) is 6.09. The van der Waals surface area contributed by atoms with Gasteiger partial charge in [0.15, 0.2) is 0 Å². The Hall–Kier alpha value is -1.07. The SMILES string of the molecule is CC(C)Oc1ccc(B(O)O)cn1. The number of aromatic nitrogens is 1. The number of nitrogens with zero attached hydrogens (tertiary/aromatic N) is 1. The maximum Gasteiger partial charge on any atom is 0.490 e. The molecule has 1 aromatic rings. The summed E-state index contributed by atoms with van der Waals surface area (Å²) in [5.74, 6) is 0.486. The van der Waals surface area contributed by atoms with Crippen LogP contribution < -0.4 is 10.2 Å². The average Bonchev–Trinajstić information content (AvgIpc) is 2.04. The van der Waals surface area contributed by atoms with Crippen LogP contribution in [-0.4, -0.2) is 28.3 Å². The van der Waals surface area contributed by atoms with Crippen LogP contribution in [0.25, 0.3) is 0 Å². The molecular formula is C8H12BNO3. The summed E-state index contributed by atoms with van der Waals surface area (Å²) in [6, 6.07) is 3.17. The fraction of sp³-hybridized carbons (Fsp3) is 0.375. The molecule has 0 aromatic carbocycles. The Balaban J connectivity index is 2.70. The van der Waals surface area contributed by atoms with E-state index in [2.05, 4.69) is 4.98 Å². The first-order valence-electron chi connectivity index (χ1n) is 4.08. The van der Waals surface area contributed by atoms with E-state index in [-0.39, 0.29) is 6.10 Å². The Kier molecular flexibility index (Phi) is 3.28. The van der Waals surface area contributed by atoms with Gasteiger partial charge in [-0.05, 0) is 19.9 Å². The van der Waals surface area contributed by atoms with Crippen LogP contribution >= 0.6 is 0 Å². The molecule has 0 spiro atoms. The molecule has 0 saturated heterocycles. The predicted octanol–water partition coefficient (Wildman–Crippen LogP) is -0.451. The molecule has 70 valence electrons. The second-order valence-electron chi connectivity index (χ2n) is 2.97. The standard InChI is InChI=1S/C8H12BNO3/c1-6(2)13-8-4-3-7(5-10-8)9(11)12/h3-6,11-12H,1-2H3. The highest BCUT2D eigenvalue weighted by Gasteiger charge is 2.10. The molecule has 0 radical (unpaired) electrons. The molecule has 0 saturated carbocycles. The zero-order valence-electron chi connectivity index (χ0n) is 7.64. The molecule has 0 atom stereocenters. The van der Waals surface area contributed by atoms with E-state index in [9.17, 15) is 0 Å². The third-order valence-corrected chi connectivity index (χ3v) is 1.41. The molecule has 0 fully saturated rings. The van der Waals surface area contributed by atoms with Crippen molar-refractivity contribution in [2.45, 2.75) is 20.0 Å². The van der Waals surface area contributed by atoms with Crippen LogP contribution in [0, 0.1) is 0 Å². The summed E-state index contributed by atoms with van der Waals surface area (Å²) in [4.78, 5) is 3.90. The van der Waals surface area contributed by atoms with Crippen LogP contribution in [0.3, 0.4) is 0 Å². The van der Waals surface area contributed by atoms with Crippen molar-refractivity contribution < 1.29 is 14.8 Å². The van der Waals surface area contributed by atoms with Crippen LogP contribution in [0.2, 0.25) is 0 Å². The van der Waals surface area contributed by atoms with Crippen molar-refractivity contribution in [3.05, 3.63) is 18.3 Å². The van der Waals surface area contributed by atoms with Crippen molar-refractivity contribution in [1.29, 1.82) is 0 Å². The fourth-order valence-electron chi connectivity index (χ4n) is 0.856. The number of ether oxygens (including phenoxy) is 1. The second kappa shape index (κ2) is 4.25. The van der Waals surface area contributed by atoms with Crippen LogP contribution in [0.1, 0.15) is 13.8 Å². The summed E-state index contributed by atoms with van der Waals surface area (Å²) in [6.07, 6.45) is 1.44. The molecule has 0 bridgehead atoms. The van der Waals surface area contributed by atoms with E-state index in [1.54, 1.807) is 12.1 Å². The molecule has 1 rings (SSSR count). The zero-order chi connectivity index (χ0) is 9.84. The van der Waals surface area contributed by atoms with Gasteiger partial charge < -0.3 is 14.8 Å². The van der Waals surface area contributed by atoms with E-state index in [1.165, 1.54) is 6.20 Å². The Morgan fingerprint density at radius 3 is 2.46 bits per heavy atom. The molecule has 1 aromatic heterocycles. The number of pyridine rings is 1. The van der Waals surface area contributed by atoms with Crippen molar-refractivity contribution in [2.24, 2.45) is 0 Å². The van der Waals surface area contributed by atoms with Gasteiger partial charge in [0.25, 0.3) is 0 Å². The van der Waals surface area contributed by atoms with Crippen molar-refractivity contribution in [2.75, 3.05) is 0 Å². The average molecular weight is 181 g/mol. The number of hydrogen-bond donors (Lipinski definition) is 2. The van der Waals surface area contributed by atoms with Crippen molar-refractivity contribution in [3.8, 4) is 5.88 Å². The maximum atomic E-state index is 8.77. The molecule has 1 heterocycles. The summed E-state index contributed by atoms with van der Waals surface area (Å²) in [5.41, 5.74) is 0.358. The van der Waals surface area contributed by atoms with E-state index in [0.717, 1.165) is 0 Å². The Morgan fingerprint density at radius 2 is 2.08 bits per heavy atom. The lowest BCUT2D eigenvalue weighted by Crippen LogP contribution is -2.30. The van der Waals surface area contributed by atoms with E-state index in [1.807, 2.05) is 13.8 Å². The minimum absolute atomic E-state index is 0.0670. The molecule has 2 N–H and O–H groups in total. The molecule has 0 aliphatic heterocycles. The van der Waals surface area contributed by atoms with Gasteiger partial charge in [-0.1, -0.05) is 6.07 Å². The topological polar surface area (TPSA) is 62.6 Å². The van der Waals surface area contributed by atoms with Crippen molar-refractivity contribution in [3.63, 3.8) is 0 Å². The summed E-state index contributed by atoms with van der Waals surface area (Å²) in [7, 11) is -1.47. The summed E-state index contributed by atoms with van der Waals surface area (Å²) >= 11 is 0. The quantitative estimate of drug-likeness (QED) is 0.620. The minimum atomic E-state index is -1.47. The number of hydrogen-bond acceptors (Lipinski definition) is 4. The summed E-state index contributed by atoms with van der Waals surface area (Å²) < 4.78 is 5.27.